The molecule has 52 heavy (non-hydrogen) atoms. The van der Waals surface area contributed by atoms with E-state index in [1.54, 1.807) is 13.1 Å². The highest BCUT2D eigenvalue weighted by molar-refractivity contribution is 5.91. The van der Waals surface area contributed by atoms with E-state index in [0.717, 1.165) is 74.8 Å². The quantitative estimate of drug-likeness (QED) is 0.121. The van der Waals surface area contributed by atoms with Gasteiger partial charge in [-0.05, 0) is 130 Å². The number of aliphatic hydroxyl groups is 1. The van der Waals surface area contributed by atoms with Crippen molar-refractivity contribution in [3.63, 3.8) is 0 Å². The molecule has 1 saturated heterocycles. The van der Waals surface area contributed by atoms with Crippen LogP contribution in [0.1, 0.15) is 60.9 Å². The third-order valence-electron chi connectivity index (χ3n) is 10.3. The number of hydrogen-bond donors (Lipinski definition) is 3. The standard InChI is InChI=1S/C42H42N6O4/c1-25(49)8-5-9-28-18-30-14-16-44-39(37(30)45-22-28)46-35-13-7-11-33(27(35)3)32-10-6-12-34(26(32)2)40-47-36-20-29(19-31(21-43)38(36)52-40)23-48-17-15-42(4,24-48)41(50)51/h6-7,10-14,16,18-20,22,25,49H,5,8-9,15,17,23-24H2,1-4H3,(H,44,46)(H,50,51)/t25-,42+/m0/s1. The molecular formula is C42H42N6O4. The molecule has 1 aliphatic rings. The Labute approximate surface area is 302 Å². The van der Waals surface area contributed by atoms with Gasteiger partial charge in [0.25, 0.3) is 0 Å². The number of hydrogen-bond acceptors (Lipinski definition) is 9. The van der Waals surface area contributed by atoms with E-state index in [1.807, 2.05) is 55.6 Å². The van der Waals surface area contributed by atoms with Crippen LogP contribution in [-0.2, 0) is 17.8 Å². The van der Waals surface area contributed by atoms with Crippen molar-refractivity contribution in [3.8, 4) is 28.7 Å². The van der Waals surface area contributed by atoms with Gasteiger partial charge in [-0.1, -0.05) is 24.3 Å². The van der Waals surface area contributed by atoms with Crippen LogP contribution in [0.4, 0.5) is 11.5 Å². The number of aliphatic carboxylic acids is 1. The van der Waals surface area contributed by atoms with Crippen LogP contribution in [0, 0.1) is 30.6 Å². The predicted octanol–water partition coefficient (Wildman–Crippen LogP) is 8.34. The fourth-order valence-electron chi connectivity index (χ4n) is 7.29. The number of carboxylic acids is 1. The van der Waals surface area contributed by atoms with E-state index >= 15 is 0 Å². The molecule has 264 valence electrons. The average molecular weight is 695 g/mol. The van der Waals surface area contributed by atoms with Crippen LogP contribution < -0.4 is 5.32 Å². The Hall–Kier alpha value is -5.63. The highest BCUT2D eigenvalue weighted by Crippen LogP contribution is 2.38. The molecule has 0 aliphatic carbocycles. The molecule has 4 heterocycles. The summed E-state index contributed by atoms with van der Waals surface area (Å²) in [6.07, 6.45) is 6.49. The number of likely N-dealkylation sites (tertiary alicyclic amines) is 1. The summed E-state index contributed by atoms with van der Waals surface area (Å²) in [6, 6.07) is 22.4. The second-order valence-corrected chi connectivity index (χ2v) is 14.3. The number of nitrogens with zero attached hydrogens (tertiary/aromatic N) is 5. The number of aliphatic hydroxyl groups excluding tert-OH is 1. The minimum absolute atomic E-state index is 0.306. The first kappa shape index (κ1) is 34.8. The van der Waals surface area contributed by atoms with E-state index in [0.29, 0.717) is 54.4 Å². The van der Waals surface area contributed by atoms with Crippen molar-refractivity contribution in [1.29, 1.82) is 5.26 Å². The maximum atomic E-state index is 11.8. The van der Waals surface area contributed by atoms with Crippen LogP contribution in [0.2, 0.25) is 0 Å². The molecule has 3 aromatic heterocycles. The van der Waals surface area contributed by atoms with Crippen molar-refractivity contribution in [2.24, 2.45) is 5.41 Å². The molecule has 6 aromatic rings. The summed E-state index contributed by atoms with van der Waals surface area (Å²) in [5.41, 5.74) is 9.36. The normalized spacial score (nSPS) is 16.7. The van der Waals surface area contributed by atoms with Gasteiger partial charge in [-0.25, -0.2) is 9.97 Å². The molecule has 1 aliphatic heterocycles. The van der Waals surface area contributed by atoms with Gasteiger partial charge in [0.1, 0.15) is 17.1 Å². The smallest absolute Gasteiger partial charge is 0.310 e. The minimum atomic E-state index is -0.783. The highest BCUT2D eigenvalue weighted by atomic mass is 16.4. The summed E-state index contributed by atoms with van der Waals surface area (Å²) in [7, 11) is 0. The molecule has 0 spiro atoms. The van der Waals surface area contributed by atoms with Crippen LogP contribution >= 0.6 is 0 Å². The second-order valence-electron chi connectivity index (χ2n) is 14.3. The van der Waals surface area contributed by atoms with Crippen molar-refractivity contribution in [3.05, 3.63) is 101 Å². The predicted molar refractivity (Wildman–Crippen MR) is 202 cm³/mol. The lowest BCUT2D eigenvalue weighted by Crippen LogP contribution is -2.31. The van der Waals surface area contributed by atoms with Gasteiger partial charge < -0.3 is 19.9 Å². The van der Waals surface area contributed by atoms with Gasteiger partial charge in [-0.15, -0.1) is 0 Å². The number of carbonyl (C=O) groups is 1. The van der Waals surface area contributed by atoms with Crippen molar-refractivity contribution < 1.29 is 19.4 Å². The summed E-state index contributed by atoms with van der Waals surface area (Å²) in [5, 5.41) is 33.9. The zero-order valence-corrected chi connectivity index (χ0v) is 29.9. The Morgan fingerprint density at radius 3 is 2.58 bits per heavy atom. The summed E-state index contributed by atoms with van der Waals surface area (Å²) in [5.74, 6) is 0.332. The number of oxazole rings is 1. The Balaban J connectivity index is 1.16. The van der Waals surface area contributed by atoms with Crippen LogP contribution in [0.15, 0.2) is 77.5 Å². The summed E-state index contributed by atoms with van der Waals surface area (Å²) in [6.45, 7) is 9.40. The van der Waals surface area contributed by atoms with Crippen molar-refractivity contribution >= 4 is 39.5 Å². The Kier molecular flexibility index (Phi) is 9.49. The van der Waals surface area contributed by atoms with Crippen molar-refractivity contribution in [2.45, 2.75) is 66.0 Å². The molecule has 3 N–H and O–H groups in total. The molecule has 2 atom stereocenters. The first-order valence-electron chi connectivity index (χ1n) is 17.7. The fraction of sp³-hybridized carbons (Fsp3) is 0.310. The number of pyridine rings is 2. The molecule has 10 nitrogen and oxygen atoms in total. The van der Waals surface area contributed by atoms with Gasteiger partial charge in [-0.3, -0.25) is 14.7 Å². The van der Waals surface area contributed by atoms with E-state index in [4.69, 9.17) is 14.4 Å². The first-order chi connectivity index (χ1) is 25.0. The first-order valence-corrected chi connectivity index (χ1v) is 17.7. The van der Waals surface area contributed by atoms with Crippen LogP contribution in [-0.4, -0.2) is 55.2 Å². The number of rotatable bonds is 11. The van der Waals surface area contributed by atoms with Gasteiger partial charge in [0, 0.05) is 42.1 Å². The summed E-state index contributed by atoms with van der Waals surface area (Å²) in [4.78, 5) is 28.2. The molecule has 0 bridgehead atoms. The Morgan fingerprint density at radius 2 is 1.83 bits per heavy atom. The molecule has 1 fully saturated rings. The number of aromatic nitrogens is 3. The molecule has 0 radical (unpaired) electrons. The fourth-order valence-corrected chi connectivity index (χ4v) is 7.29. The average Bonchev–Trinajstić information content (AvgIpc) is 3.73. The Morgan fingerprint density at radius 1 is 1.06 bits per heavy atom. The number of fused-ring (bicyclic) bond motifs is 2. The maximum Gasteiger partial charge on any atom is 0.310 e. The monoisotopic (exact) mass is 694 g/mol. The second kappa shape index (κ2) is 14.2. The largest absolute Gasteiger partial charge is 0.481 e. The number of anilines is 2. The summed E-state index contributed by atoms with van der Waals surface area (Å²) >= 11 is 0. The molecular weight excluding hydrogens is 653 g/mol. The summed E-state index contributed by atoms with van der Waals surface area (Å²) < 4.78 is 6.29. The molecule has 7 rings (SSSR count). The van der Waals surface area contributed by atoms with E-state index in [-0.39, 0.29) is 6.10 Å². The molecule has 10 heteroatoms. The number of benzene rings is 3. The molecule has 3 aromatic carbocycles. The van der Waals surface area contributed by atoms with Crippen LogP contribution in [0.5, 0.6) is 0 Å². The minimum Gasteiger partial charge on any atom is -0.481 e. The topological polar surface area (TPSA) is 148 Å². The zero-order valence-electron chi connectivity index (χ0n) is 29.9. The Bertz CT molecular complexity index is 2360. The number of nitriles is 1. The third-order valence-corrected chi connectivity index (χ3v) is 10.3. The zero-order chi connectivity index (χ0) is 36.6. The van der Waals surface area contributed by atoms with Gasteiger partial charge in [-0.2, -0.15) is 5.26 Å². The number of nitrogens with one attached hydrogen (secondary N) is 1. The lowest BCUT2D eigenvalue weighted by molar-refractivity contribution is -0.147. The SMILES string of the molecule is Cc1c(Nc2nccc3cc(CCC[C@H](C)O)cnc23)cccc1-c1cccc(-c2nc3cc(CN4CC[C@@](C)(C(=O)O)C4)cc(C#N)c3o2)c1C. The van der Waals surface area contributed by atoms with Gasteiger partial charge >= 0.3 is 5.97 Å². The van der Waals surface area contributed by atoms with E-state index in [9.17, 15) is 20.3 Å². The highest BCUT2D eigenvalue weighted by Gasteiger charge is 2.40. The van der Waals surface area contributed by atoms with Crippen LogP contribution in [0.3, 0.4) is 0 Å². The van der Waals surface area contributed by atoms with Crippen LogP contribution in [0.25, 0.3) is 44.6 Å². The lowest BCUT2D eigenvalue weighted by atomic mass is 9.90. The molecule has 0 unspecified atom stereocenters. The lowest BCUT2D eigenvalue weighted by Gasteiger charge is -2.20. The van der Waals surface area contributed by atoms with E-state index in [1.165, 1.54) is 0 Å². The molecule has 0 amide bonds. The van der Waals surface area contributed by atoms with Crippen molar-refractivity contribution in [2.75, 3.05) is 18.4 Å². The van der Waals surface area contributed by atoms with E-state index < -0.39 is 11.4 Å². The maximum absolute atomic E-state index is 11.8. The van der Waals surface area contributed by atoms with E-state index in [2.05, 4.69) is 53.3 Å². The van der Waals surface area contributed by atoms with Gasteiger partial charge in [0.2, 0.25) is 5.89 Å². The molecule has 0 saturated carbocycles. The van der Waals surface area contributed by atoms with Gasteiger partial charge in [0.05, 0.1) is 17.1 Å². The number of aryl methyl sites for hydroxylation is 1. The van der Waals surface area contributed by atoms with Crippen molar-refractivity contribution in [1.82, 2.24) is 19.9 Å². The van der Waals surface area contributed by atoms with Gasteiger partial charge in [0.15, 0.2) is 11.4 Å². The third kappa shape index (κ3) is 6.85. The number of carboxylic acid groups (broad SMARTS) is 1.